The zero-order chi connectivity index (χ0) is 15.2. The standard InChI is InChI=1S/C17H21NO3/c1-12-5-7-13(8-6-12)9-10-16(19)18-15-4-2-3-14(11-15)17(20)21/h5-10,14-15H,2-4,11H2,1H3,(H,18,19)(H,20,21). The van der Waals surface area contributed by atoms with Gasteiger partial charge in [-0.15, -0.1) is 0 Å². The quantitative estimate of drug-likeness (QED) is 0.837. The summed E-state index contributed by atoms with van der Waals surface area (Å²) in [5.74, 6) is -1.25. The van der Waals surface area contributed by atoms with Crippen molar-refractivity contribution in [2.24, 2.45) is 5.92 Å². The molecule has 0 aromatic heterocycles. The van der Waals surface area contributed by atoms with Crippen LogP contribution in [0.3, 0.4) is 0 Å². The molecule has 1 saturated carbocycles. The molecular weight excluding hydrogens is 266 g/mol. The van der Waals surface area contributed by atoms with E-state index in [0.29, 0.717) is 12.8 Å². The Kier molecular flexibility index (Phi) is 5.14. The van der Waals surface area contributed by atoms with Gasteiger partial charge in [-0.1, -0.05) is 36.2 Å². The van der Waals surface area contributed by atoms with Crippen LogP contribution in [0.4, 0.5) is 0 Å². The van der Waals surface area contributed by atoms with E-state index in [-0.39, 0.29) is 17.9 Å². The third-order valence-corrected chi connectivity index (χ3v) is 3.87. The molecule has 112 valence electrons. The Bertz CT molecular complexity index is 533. The molecule has 21 heavy (non-hydrogen) atoms. The van der Waals surface area contributed by atoms with Gasteiger partial charge in [0.05, 0.1) is 5.92 Å². The lowest BCUT2D eigenvalue weighted by Crippen LogP contribution is -2.39. The summed E-state index contributed by atoms with van der Waals surface area (Å²) in [5.41, 5.74) is 2.15. The van der Waals surface area contributed by atoms with Crippen LogP contribution in [0.25, 0.3) is 6.08 Å². The number of benzene rings is 1. The van der Waals surface area contributed by atoms with Gasteiger partial charge in [0.15, 0.2) is 0 Å². The Morgan fingerprint density at radius 1 is 1.24 bits per heavy atom. The Morgan fingerprint density at radius 3 is 2.62 bits per heavy atom. The zero-order valence-corrected chi connectivity index (χ0v) is 12.2. The number of aliphatic carboxylic acids is 1. The molecule has 1 amide bonds. The number of carbonyl (C=O) groups is 2. The molecule has 1 aromatic rings. The van der Waals surface area contributed by atoms with E-state index in [0.717, 1.165) is 18.4 Å². The lowest BCUT2D eigenvalue weighted by molar-refractivity contribution is -0.143. The van der Waals surface area contributed by atoms with Crippen LogP contribution in [0.5, 0.6) is 0 Å². The van der Waals surface area contributed by atoms with E-state index in [9.17, 15) is 9.59 Å². The highest BCUT2D eigenvalue weighted by molar-refractivity contribution is 5.91. The van der Waals surface area contributed by atoms with Crippen LogP contribution in [0, 0.1) is 12.8 Å². The fourth-order valence-corrected chi connectivity index (χ4v) is 2.64. The van der Waals surface area contributed by atoms with Crippen molar-refractivity contribution in [2.75, 3.05) is 0 Å². The minimum absolute atomic E-state index is 0.0324. The molecule has 0 saturated heterocycles. The van der Waals surface area contributed by atoms with Gasteiger partial charge < -0.3 is 10.4 Å². The molecule has 1 aromatic carbocycles. The second-order valence-corrected chi connectivity index (χ2v) is 5.65. The molecule has 0 bridgehead atoms. The predicted molar refractivity (Wildman–Crippen MR) is 81.7 cm³/mol. The summed E-state index contributed by atoms with van der Waals surface area (Å²) in [7, 11) is 0. The molecule has 0 heterocycles. The summed E-state index contributed by atoms with van der Waals surface area (Å²) in [6, 6.07) is 7.88. The van der Waals surface area contributed by atoms with Crippen LogP contribution in [-0.2, 0) is 9.59 Å². The van der Waals surface area contributed by atoms with Crippen LogP contribution in [-0.4, -0.2) is 23.0 Å². The van der Waals surface area contributed by atoms with E-state index in [2.05, 4.69) is 5.32 Å². The van der Waals surface area contributed by atoms with Crippen molar-refractivity contribution in [1.82, 2.24) is 5.32 Å². The lowest BCUT2D eigenvalue weighted by atomic mass is 9.86. The minimum atomic E-state index is -0.760. The molecule has 0 aliphatic heterocycles. The van der Waals surface area contributed by atoms with Crippen LogP contribution >= 0.6 is 0 Å². The molecule has 1 aliphatic carbocycles. The lowest BCUT2D eigenvalue weighted by Gasteiger charge is -2.26. The Morgan fingerprint density at radius 2 is 1.95 bits per heavy atom. The highest BCUT2D eigenvalue weighted by Gasteiger charge is 2.27. The maximum atomic E-state index is 11.9. The van der Waals surface area contributed by atoms with Crippen LogP contribution in [0.2, 0.25) is 0 Å². The molecule has 2 atom stereocenters. The Balaban J connectivity index is 1.86. The number of hydrogen-bond donors (Lipinski definition) is 2. The van der Waals surface area contributed by atoms with Gasteiger partial charge in [0.25, 0.3) is 0 Å². The summed E-state index contributed by atoms with van der Waals surface area (Å²) >= 11 is 0. The zero-order valence-electron chi connectivity index (χ0n) is 12.2. The predicted octanol–water partition coefficient (Wildman–Crippen LogP) is 2.77. The third kappa shape index (κ3) is 4.74. The van der Waals surface area contributed by atoms with Gasteiger partial charge in [-0.2, -0.15) is 0 Å². The number of carbonyl (C=O) groups excluding carboxylic acids is 1. The summed E-state index contributed by atoms with van der Waals surface area (Å²) in [4.78, 5) is 22.9. The molecule has 1 aliphatic rings. The maximum Gasteiger partial charge on any atom is 0.306 e. The van der Waals surface area contributed by atoms with Crippen molar-refractivity contribution >= 4 is 18.0 Å². The normalized spacial score (nSPS) is 22.1. The van der Waals surface area contributed by atoms with Crippen molar-refractivity contribution in [3.8, 4) is 0 Å². The Hall–Kier alpha value is -2.10. The van der Waals surface area contributed by atoms with Crippen molar-refractivity contribution in [3.05, 3.63) is 41.5 Å². The maximum absolute atomic E-state index is 11.9. The highest BCUT2D eigenvalue weighted by atomic mass is 16.4. The number of hydrogen-bond acceptors (Lipinski definition) is 2. The van der Waals surface area contributed by atoms with Gasteiger partial charge >= 0.3 is 5.97 Å². The largest absolute Gasteiger partial charge is 0.481 e. The van der Waals surface area contributed by atoms with E-state index in [4.69, 9.17) is 5.11 Å². The van der Waals surface area contributed by atoms with Gasteiger partial charge in [0, 0.05) is 12.1 Å². The molecule has 4 heteroatoms. The first-order valence-corrected chi connectivity index (χ1v) is 7.32. The van der Waals surface area contributed by atoms with Crippen LogP contribution < -0.4 is 5.32 Å². The average molecular weight is 287 g/mol. The summed E-state index contributed by atoms with van der Waals surface area (Å²) in [5, 5.41) is 11.9. The van der Waals surface area contributed by atoms with Gasteiger partial charge in [-0.25, -0.2) is 0 Å². The monoisotopic (exact) mass is 287 g/mol. The molecule has 2 rings (SSSR count). The van der Waals surface area contributed by atoms with Gasteiger partial charge in [-0.3, -0.25) is 9.59 Å². The topological polar surface area (TPSA) is 66.4 Å². The SMILES string of the molecule is Cc1ccc(C=CC(=O)NC2CCCC(C(=O)O)C2)cc1. The second kappa shape index (κ2) is 7.07. The average Bonchev–Trinajstić information content (AvgIpc) is 2.47. The first-order valence-electron chi connectivity index (χ1n) is 7.32. The number of amides is 1. The van der Waals surface area contributed by atoms with E-state index < -0.39 is 5.97 Å². The molecule has 1 fully saturated rings. The molecule has 2 unspecified atom stereocenters. The van der Waals surface area contributed by atoms with Gasteiger partial charge in [0.2, 0.25) is 5.91 Å². The minimum Gasteiger partial charge on any atom is -0.481 e. The van der Waals surface area contributed by atoms with E-state index in [1.54, 1.807) is 6.08 Å². The summed E-state index contributed by atoms with van der Waals surface area (Å²) < 4.78 is 0. The van der Waals surface area contributed by atoms with Gasteiger partial charge in [-0.05, 0) is 37.8 Å². The van der Waals surface area contributed by atoms with Crippen molar-refractivity contribution in [3.63, 3.8) is 0 Å². The first kappa shape index (κ1) is 15.3. The van der Waals surface area contributed by atoms with E-state index >= 15 is 0 Å². The van der Waals surface area contributed by atoms with Crippen molar-refractivity contribution < 1.29 is 14.7 Å². The van der Waals surface area contributed by atoms with Crippen LogP contribution in [0.15, 0.2) is 30.3 Å². The molecule has 0 radical (unpaired) electrons. The first-order chi connectivity index (χ1) is 10.0. The number of aryl methyl sites for hydroxylation is 1. The fraction of sp³-hybridized carbons (Fsp3) is 0.412. The number of nitrogens with one attached hydrogen (secondary N) is 1. The van der Waals surface area contributed by atoms with Crippen molar-refractivity contribution in [1.29, 1.82) is 0 Å². The molecular formula is C17H21NO3. The van der Waals surface area contributed by atoms with Crippen molar-refractivity contribution in [2.45, 2.75) is 38.6 Å². The summed E-state index contributed by atoms with van der Waals surface area (Å²) in [6.07, 6.45) is 6.22. The van der Waals surface area contributed by atoms with E-state index in [1.807, 2.05) is 31.2 Å². The third-order valence-electron chi connectivity index (χ3n) is 3.87. The van der Waals surface area contributed by atoms with Crippen LogP contribution in [0.1, 0.15) is 36.8 Å². The number of rotatable bonds is 4. The highest BCUT2D eigenvalue weighted by Crippen LogP contribution is 2.24. The fourth-order valence-electron chi connectivity index (χ4n) is 2.64. The number of carboxylic acid groups (broad SMARTS) is 1. The number of carboxylic acids is 1. The Labute approximate surface area is 124 Å². The molecule has 4 nitrogen and oxygen atoms in total. The van der Waals surface area contributed by atoms with Gasteiger partial charge in [0.1, 0.15) is 0 Å². The molecule has 2 N–H and O–H groups in total. The van der Waals surface area contributed by atoms with E-state index in [1.165, 1.54) is 11.6 Å². The molecule has 0 spiro atoms. The summed E-state index contributed by atoms with van der Waals surface area (Å²) in [6.45, 7) is 2.02. The second-order valence-electron chi connectivity index (χ2n) is 5.65. The smallest absolute Gasteiger partial charge is 0.306 e.